The molecule has 2 aromatic carbocycles. The third-order valence-corrected chi connectivity index (χ3v) is 4.66. The fourth-order valence-corrected chi connectivity index (χ4v) is 3.10. The van der Waals surface area contributed by atoms with E-state index in [1.165, 1.54) is 0 Å². The lowest BCUT2D eigenvalue weighted by Gasteiger charge is -2.08. The highest BCUT2D eigenvalue weighted by Gasteiger charge is 2.17. The van der Waals surface area contributed by atoms with E-state index in [2.05, 4.69) is 31.4 Å². The molecule has 0 spiro atoms. The molecule has 134 valence electrons. The Morgan fingerprint density at radius 3 is 2.59 bits per heavy atom. The Morgan fingerprint density at radius 1 is 1.04 bits per heavy atom. The molecule has 0 aliphatic rings. The summed E-state index contributed by atoms with van der Waals surface area (Å²) in [6.07, 6.45) is 1.83. The first kappa shape index (κ1) is 17.2. The van der Waals surface area contributed by atoms with Crippen molar-refractivity contribution in [1.82, 2.24) is 14.6 Å². The number of benzene rings is 2. The summed E-state index contributed by atoms with van der Waals surface area (Å²) >= 11 is 3.38. The second-order valence-electron chi connectivity index (χ2n) is 5.80. The number of carbonyl (C=O) groups excluding carboxylic acids is 1. The number of para-hydroxylation sites is 1. The van der Waals surface area contributed by atoms with E-state index in [0.717, 1.165) is 10.0 Å². The lowest BCUT2D eigenvalue weighted by atomic mass is 10.2. The molecule has 4 rings (SSSR count). The molecular formula is C20H15BrN4O2. The molecule has 2 aromatic heterocycles. The van der Waals surface area contributed by atoms with Crippen LogP contribution in [0, 0.1) is 0 Å². The smallest absolute Gasteiger partial charge is 0.259 e. The minimum absolute atomic E-state index is 0.248. The molecule has 4 aromatic rings. The second kappa shape index (κ2) is 7.20. The van der Waals surface area contributed by atoms with Crippen LogP contribution in [0.3, 0.4) is 0 Å². The maximum absolute atomic E-state index is 12.8. The Kier molecular flexibility index (Phi) is 4.60. The fourth-order valence-electron chi connectivity index (χ4n) is 2.84. The van der Waals surface area contributed by atoms with Gasteiger partial charge in [0.1, 0.15) is 5.75 Å². The minimum Gasteiger partial charge on any atom is -0.496 e. The van der Waals surface area contributed by atoms with Gasteiger partial charge in [0.15, 0.2) is 11.5 Å². The van der Waals surface area contributed by atoms with Crippen molar-refractivity contribution in [3.63, 3.8) is 0 Å². The molecule has 0 aliphatic carbocycles. The van der Waals surface area contributed by atoms with Crippen molar-refractivity contribution >= 4 is 33.2 Å². The van der Waals surface area contributed by atoms with E-state index >= 15 is 0 Å². The topological polar surface area (TPSA) is 68.5 Å². The quantitative estimate of drug-likeness (QED) is 0.528. The molecule has 1 amide bonds. The molecule has 0 saturated carbocycles. The number of nitrogens with one attached hydrogen (secondary N) is 1. The predicted octanol–water partition coefficient (Wildman–Crippen LogP) is 4.42. The van der Waals surface area contributed by atoms with Crippen LogP contribution in [0.5, 0.6) is 5.75 Å². The average Bonchev–Trinajstić information content (AvgIpc) is 3.13. The van der Waals surface area contributed by atoms with Gasteiger partial charge < -0.3 is 10.1 Å². The van der Waals surface area contributed by atoms with Crippen LogP contribution in [0.25, 0.3) is 17.0 Å². The average molecular weight is 423 g/mol. The first-order valence-corrected chi connectivity index (χ1v) is 9.01. The summed E-state index contributed by atoms with van der Waals surface area (Å²) in [7, 11) is 1.61. The molecule has 0 saturated heterocycles. The molecule has 0 bridgehead atoms. The molecular weight excluding hydrogens is 408 g/mol. The van der Waals surface area contributed by atoms with Gasteiger partial charge in [0.05, 0.1) is 18.2 Å². The number of methoxy groups -OCH3 is 1. The fraction of sp³-hybridized carbons (Fsp3) is 0.0500. The lowest BCUT2D eigenvalue weighted by molar-refractivity contribution is 0.102. The Morgan fingerprint density at radius 2 is 1.81 bits per heavy atom. The van der Waals surface area contributed by atoms with Crippen molar-refractivity contribution < 1.29 is 9.53 Å². The third-order valence-electron chi connectivity index (χ3n) is 4.13. The first-order valence-electron chi connectivity index (χ1n) is 8.21. The number of amides is 1. The van der Waals surface area contributed by atoms with Crippen LogP contribution in [0.2, 0.25) is 0 Å². The van der Waals surface area contributed by atoms with Gasteiger partial charge in [0.25, 0.3) is 5.91 Å². The molecule has 2 heterocycles. The van der Waals surface area contributed by atoms with E-state index in [4.69, 9.17) is 4.74 Å². The van der Waals surface area contributed by atoms with Gasteiger partial charge in [-0.1, -0.05) is 28.1 Å². The molecule has 0 radical (unpaired) electrons. The van der Waals surface area contributed by atoms with Crippen LogP contribution in [0.15, 0.2) is 71.3 Å². The van der Waals surface area contributed by atoms with E-state index in [1.54, 1.807) is 23.6 Å². The summed E-state index contributed by atoms with van der Waals surface area (Å²) < 4.78 is 8.15. The molecule has 6 nitrogen and oxygen atoms in total. The van der Waals surface area contributed by atoms with Crippen LogP contribution >= 0.6 is 15.9 Å². The van der Waals surface area contributed by atoms with Crippen molar-refractivity contribution in [3.8, 4) is 17.1 Å². The number of nitrogens with zero attached hydrogens (tertiary/aromatic N) is 3. The molecule has 7 heteroatoms. The van der Waals surface area contributed by atoms with Crippen molar-refractivity contribution in [2.24, 2.45) is 0 Å². The van der Waals surface area contributed by atoms with Crippen LogP contribution in [0.1, 0.15) is 10.4 Å². The Labute approximate surface area is 163 Å². The summed E-state index contributed by atoms with van der Waals surface area (Å²) in [5.41, 5.74) is 2.43. The maximum Gasteiger partial charge on any atom is 0.259 e. The molecule has 0 unspecified atom stereocenters. The SMILES string of the molecule is COc1ccccc1-c1nnc2c(C(=O)Nc3ccc(Br)cc3)cccn12. The summed E-state index contributed by atoms with van der Waals surface area (Å²) in [6, 6.07) is 18.5. The number of hydrogen-bond acceptors (Lipinski definition) is 4. The highest BCUT2D eigenvalue weighted by atomic mass is 79.9. The Bertz CT molecular complexity index is 1120. The van der Waals surface area contributed by atoms with Crippen molar-refractivity contribution in [3.05, 3.63) is 76.9 Å². The first-order chi connectivity index (χ1) is 13.2. The van der Waals surface area contributed by atoms with Crippen LogP contribution in [0.4, 0.5) is 5.69 Å². The van der Waals surface area contributed by atoms with Crippen molar-refractivity contribution in [2.45, 2.75) is 0 Å². The van der Waals surface area contributed by atoms with Gasteiger partial charge in [0.2, 0.25) is 0 Å². The van der Waals surface area contributed by atoms with Gasteiger partial charge in [0, 0.05) is 16.4 Å². The van der Waals surface area contributed by atoms with Crippen molar-refractivity contribution in [1.29, 1.82) is 0 Å². The molecule has 27 heavy (non-hydrogen) atoms. The maximum atomic E-state index is 12.8. The molecule has 1 N–H and O–H groups in total. The number of rotatable bonds is 4. The zero-order chi connectivity index (χ0) is 18.8. The zero-order valence-corrected chi connectivity index (χ0v) is 16.0. The third kappa shape index (κ3) is 3.29. The monoisotopic (exact) mass is 422 g/mol. The van der Waals surface area contributed by atoms with Crippen LogP contribution in [-0.2, 0) is 0 Å². The standard InChI is InChI=1S/C20H15BrN4O2/c1-27-17-7-3-2-5-15(17)18-23-24-19-16(6-4-12-25(18)19)20(26)22-14-10-8-13(21)9-11-14/h2-12H,1H3,(H,22,26). The number of ether oxygens (including phenoxy) is 1. The number of hydrogen-bond donors (Lipinski definition) is 1. The summed E-state index contributed by atoms with van der Waals surface area (Å²) in [4.78, 5) is 12.8. The number of pyridine rings is 1. The Hall–Kier alpha value is -3.19. The van der Waals surface area contributed by atoms with E-state index in [1.807, 2.05) is 54.7 Å². The van der Waals surface area contributed by atoms with Gasteiger partial charge in [-0.3, -0.25) is 9.20 Å². The number of carbonyl (C=O) groups is 1. The van der Waals surface area contributed by atoms with Crippen LogP contribution in [-0.4, -0.2) is 27.6 Å². The van der Waals surface area contributed by atoms with E-state index in [0.29, 0.717) is 28.5 Å². The number of anilines is 1. The highest BCUT2D eigenvalue weighted by Crippen LogP contribution is 2.29. The second-order valence-corrected chi connectivity index (χ2v) is 6.72. The van der Waals surface area contributed by atoms with Crippen LogP contribution < -0.4 is 10.1 Å². The Balaban J connectivity index is 1.74. The number of aromatic nitrogens is 3. The summed E-state index contributed by atoms with van der Waals surface area (Å²) in [6.45, 7) is 0. The molecule has 0 fully saturated rings. The van der Waals surface area contributed by atoms with E-state index in [-0.39, 0.29) is 5.91 Å². The van der Waals surface area contributed by atoms with Gasteiger partial charge in [-0.2, -0.15) is 0 Å². The highest BCUT2D eigenvalue weighted by molar-refractivity contribution is 9.10. The van der Waals surface area contributed by atoms with E-state index < -0.39 is 0 Å². The van der Waals surface area contributed by atoms with Crippen molar-refractivity contribution in [2.75, 3.05) is 12.4 Å². The predicted molar refractivity (Wildman–Crippen MR) is 107 cm³/mol. The summed E-state index contributed by atoms with van der Waals surface area (Å²) in [5.74, 6) is 1.05. The number of fused-ring (bicyclic) bond motifs is 1. The van der Waals surface area contributed by atoms with E-state index in [9.17, 15) is 4.79 Å². The molecule has 0 atom stereocenters. The largest absolute Gasteiger partial charge is 0.496 e. The van der Waals surface area contributed by atoms with Gasteiger partial charge >= 0.3 is 0 Å². The zero-order valence-electron chi connectivity index (χ0n) is 14.4. The molecule has 0 aliphatic heterocycles. The van der Waals surface area contributed by atoms with Gasteiger partial charge in [-0.05, 0) is 48.5 Å². The number of halogens is 1. The van der Waals surface area contributed by atoms with Gasteiger partial charge in [-0.15, -0.1) is 10.2 Å². The van der Waals surface area contributed by atoms with Gasteiger partial charge in [-0.25, -0.2) is 0 Å². The summed E-state index contributed by atoms with van der Waals surface area (Å²) in [5, 5.41) is 11.4. The minimum atomic E-state index is -0.248. The lowest BCUT2D eigenvalue weighted by Crippen LogP contribution is -2.13. The normalized spacial score (nSPS) is 10.7.